The van der Waals surface area contributed by atoms with E-state index in [1.54, 1.807) is 0 Å². The van der Waals surface area contributed by atoms with E-state index in [0.717, 1.165) is 0 Å². The van der Waals surface area contributed by atoms with Crippen LogP contribution in [0.25, 0.3) is 0 Å². The molecule has 0 aromatic carbocycles. The monoisotopic (exact) mass is 358 g/mol. The van der Waals surface area contributed by atoms with E-state index >= 15 is 0 Å². The van der Waals surface area contributed by atoms with Crippen molar-refractivity contribution in [2.75, 3.05) is 0 Å². The number of unbranched alkanes of at least 4 members (excludes halogenated alkanes) is 4. The Morgan fingerprint density at radius 1 is 0.565 bits per heavy atom. The summed E-state index contributed by atoms with van der Waals surface area (Å²) in [4.78, 5) is 0. The SMILES string of the molecule is CCCCCC(CC)(CC)[SiH2]O[SiH2]C(CC)(CC)CCCCC. The highest BCUT2D eigenvalue weighted by Gasteiger charge is 2.30. The minimum atomic E-state index is -0.375. The van der Waals surface area contributed by atoms with Gasteiger partial charge < -0.3 is 4.12 Å². The van der Waals surface area contributed by atoms with Crippen LogP contribution in [0, 0.1) is 0 Å². The summed E-state index contributed by atoms with van der Waals surface area (Å²) in [5.74, 6) is 0. The van der Waals surface area contributed by atoms with Crippen molar-refractivity contribution in [2.45, 2.75) is 129 Å². The Morgan fingerprint density at radius 3 is 1.17 bits per heavy atom. The van der Waals surface area contributed by atoms with Crippen LogP contribution in [0.15, 0.2) is 0 Å². The summed E-state index contributed by atoms with van der Waals surface area (Å²) in [5.41, 5.74) is 0. The van der Waals surface area contributed by atoms with Gasteiger partial charge in [0.15, 0.2) is 19.5 Å². The van der Waals surface area contributed by atoms with Crippen molar-refractivity contribution >= 4 is 19.5 Å². The Balaban J connectivity index is 4.50. The first-order valence-corrected chi connectivity index (χ1v) is 13.2. The number of hydrogen-bond donors (Lipinski definition) is 0. The third-order valence-electron chi connectivity index (χ3n) is 6.44. The fourth-order valence-corrected chi connectivity index (χ4v) is 9.22. The van der Waals surface area contributed by atoms with Crippen molar-refractivity contribution in [1.29, 1.82) is 0 Å². The summed E-state index contributed by atoms with van der Waals surface area (Å²) in [7, 11) is -0.750. The van der Waals surface area contributed by atoms with Gasteiger partial charge in [-0.25, -0.2) is 0 Å². The average molecular weight is 359 g/mol. The maximum Gasteiger partial charge on any atom is 0.152 e. The van der Waals surface area contributed by atoms with Crippen molar-refractivity contribution < 1.29 is 4.12 Å². The molecule has 0 N–H and O–H groups in total. The van der Waals surface area contributed by atoms with Crippen molar-refractivity contribution in [2.24, 2.45) is 0 Å². The molecule has 0 aromatic heterocycles. The molecule has 0 aliphatic heterocycles. The predicted octanol–water partition coefficient (Wildman–Crippen LogP) is 6.29. The van der Waals surface area contributed by atoms with E-state index < -0.39 is 0 Å². The predicted molar refractivity (Wildman–Crippen MR) is 113 cm³/mol. The largest absolute Gasteiger partial charge is 0.464 e. The zero-order chi connectivity index (χ0) is 17.6. The molecule has 0 aliphatic rings. The van der Waals surface area contributed by atoms with Crippen molar-refractivity contribution in [1.82, 2.24) is 0 Å². The second-order valence-electron chi connectivity index (χ2n) is 7.82. The molecule has 0 rings (SSSR count). The molecule has 0 atom stereocenters. The molecule has 0 saturated heterocycles. The van der Waals surface area contributed by atoms with Crippen LogP contribution in [0.3, 0.4) is 0 Å². The van der Waals surface area contributed by atoms with E-state index in [2.05, 4.69) is 41.5 Å². The molecule has 0 saturated carbocycles. The van der Waals surface area contributed by atoms with Gasteiger partial charge in [-0.15, -0.1) is 0 Å². The van der Waals surface area contributed by atoms with E-state index in [1.165, 1.54) is 77.0 Å². The Labute approximate surface area is 152 Å². The fourth-order valence-electron chi connectivity index (χ4n) is 3.74. The molecule has 3 heteroatoms. The van der Waals surface area contributed by atoms with E-state index in [4.69, 9.17) is 4.12 Å². The quantitative estimate of drug-likeness (QED) is 0.233. The molecule has 140 valence electrons. The lowest BCUT2D eigenvalue weighted by Crippen LogP contribution is -2.29. The van der Waals surface area contributed by atoms with Gasteiger partial charge in [0.2, 0.25) is 0 Å². The van der Waals surface area contributed by atoms with Crippen LogP contribution in [-0.2, 0) is 4.12 Å². The molecule has 0 aromatic rings. The van der Waals surface area contributed by atoms with Gasteiger partial charge in [-0.2, -0.15) is 0 Å². The molecule has 0 aliphatic carbocycles. The molecule has 1 nitrogen and oxygen atoms in total. The highest BCUT2D eigenvalue weighted by molar-refractivity contribution is 6.47. The molecule has 0 unspecified atom stereocenters. The number of rotatable bonds is 16. The lowest BCUT2D eigenvalue weighted by atomic mass is 9.95. The smallest absolute Gasteiger partial charge is 0.152 e. The zero-order valence-corrected chi connectivity index (χ0v) is 20.1. The van der Waals surface area contributed by atoms with E-state index in [0.29, 0.717) is 10.1 Å². The first-order chi connectivity index (χ1) is 11.1. The topological polar surface area (TPSA) is 9.23 Å². The molecule has 0 spiro atoms. The Kier molecular flexibility index (Phi) is 13.9. The lowest BCUT2D eigenvalue weighted by Gasteiger charge is -2.35. The highest BCUT2D eigenvalue weighted by Crippen LogP contribution is 2.42. The van der Waals surface area contributed by atoms with Crippen LogP contribution < -0.4 is 0 Å². The minimum Gasteiger partial charge on any atom is -0.464 e. The Morgan fingerprint density at radius 2 is 0.913 bits per heavy atom. The van der Waals surface area contributed by atoms with Gasteiger partial charge >= 0.3 is 0 Å². The van der Waals surface area contributed by atoms with Crippen molar-refractivity contribution in [3.05, 3.63) is 0 Å². The fraction of sp³-hybridized carbons (Fsp3) is 1.00. The summed E-state index contributed by atoms with van der Waals surface area (Å²) in [6, 6.07) is 0. The van der Waals surface area contributed by atoms with Gasteiger partial charge in [0.1, 0.15) is 0 Å². The molecule has 23 heavy (non-hydrogen) atoms. The van der Waals surface area contributed by atoms with Gasteiger partial charge in [0.05, 0.1) is 0 Å². The standard InChI is InChI=1S/C20H46OSi2/c1-7-13-15-17-19(9-3,10-4)22-21-23-20(11-5,12-6)18-16-14-8-2/h7-18,22-23H2,1-6H3. The summed E-state index contributed by atoms with van der Waals surface area (Å²) in [5, 5.41) is 1.19. The lowest BCUT2D eigenvalue weighted by molar-refractivity contribution is 0.385. The molecule has 0 radical (unpaired) electrons. The summed E-state index contributed by atoms with van der Waals surface area (Å²) in [6.45, 7) is 14.2. The van der Waals surface area contributed by atoms with Crippen LogP contribution in [0.1, 0.15) is 119 Å². The third kappa shape index (κ3) is 8.88. The summed E-state index contributed by atoms with van der Waals surface area (Å²) < 4.78 is 6.67. The molecule has 0 heterocycles. The third-order valence-corrected chi connectivity index (χ3v) is 12.0. The van der Waals surface area contributed by atoms with Crippen molar-refractivity contribution in [3.63, 3.8) is 0 Å². The van der Waals surface area contributed by atoms with Crippen LogP contribution in [0.5, 0.6) is 0 Å². The minimum absolute atomic E-state index is 0.375. The molecule has 0 fully saturated rings. The normalized spacial score (nSPS) is 13.8. The van der Waals surface area contributed by atoms with Gasteiger partial charge in [-0.1, -0.05) is 106 Å². The second-order valence-corrected chi connectivity index (χ2v) is 13.0. The highest BCUT2D eigenvalue weighted by atomic mass is 28.3. The van der Waals surface area contributed by atoms with Crippen LogP contribution in [-0.4, -0.2) is 19.5 Å². The second kappa shape index (κ2) is 13.7. The average Bonchev–Trinajstić information content (AvgIpc) is 2.59. The molecule has 0 bridgehead atoms. The molecular weight excluding hydrogens is 312 g/mol. The Hall–Kier alpha value is 0.394. The first-order valence-electron chi connectivity index (χ1n) is 10.6. The van der Waals surface area contributed by atoms with Crippen LogP contribution in [0.2, 0.25) is 10.1 Å². The van der Waals surface area contributed by atoms with Crippen LogP contribution >= 0.6 is 0 Å². The Bertz CT molecular complexity index is 234. The van der Waals surface area contributed by atoms with E-state index in [1.807, 2.05) is 0 Å². The number of hydrogen-bond acceptors (Lipinski definition) is 1. The van der Waals surface area contributed by atoms with Crippen molar-refractivity contribution in [3.8, 4) is 0 Å². The van der Waals surface area contributed by atoms with Gasteiger partial charge in [-0.3, -0.25) is 0 Å². The summed E-state index contributed by atoms with van der Waals surface area (Å²) >= 11 is 0. The summed E-state index contributed by atoms with van der Waals surface area (Å²) in [6.07, 6.45) is 16.5. The zero-order valence-electron chi connectivity index (χ0n) is 17.3. The van der Waals surface area contributed by atoms with Gasteiger partial charge in [0, 0.05) is 0 Å². The van der Waals surface area contributed by atoms with Gasteiger partial charge in [0.25, 0.3) is 0 Å². The maximum absolute atomic E-state index is 6.67. The maximum atomic E-state index is 6.67. The van der Waals surface area contributed by atoms with E-state index in [9.17, 15) is 0 Å². The molecular formula is C20H46OSi2. The van der Waals surface area contributed by atoms with Gasteiger partial charge in [-0.05, 0) is 22.9 Å². The molecule has 0 amide bonds. The van der Waals surface area contributed by atoms with Crippen LogP contribution in [0.4, 0.5) is 0 Å². The first kappa shape index (κ1) is 23.4. The van der Waals surface area contributed by atoms with E-state index in [-0.39, 0.29) is 19.5 Å².